The van der Waals surface area contributed by atoms with Crippen molar-refractivity contribution >= 4 is 78.2 Å². The molecule has 16 heteroatoms. The summed E-state index contributed by atoms with van der Waals surface area (Å²) in [5, 5.41) is 33.6. The minimum atomic E-state index is -1.76. The molecule has 46 heavy (non-hydrogen) atoms. The molecule has 2 aromatic carbocycles. The Hall–Kier alpha value is -2.76. The maximum Gasteiger partial charge on any atom is 0.264 e. The highest BCUT2D eigenvalue weighted by atomic mass is 33.1. The number of likely N-dealkylation sites (N-methyl/N-ethyl adjacent to an activating group) is 2. The summed E-state index contributed by atoms with van der Waals surface area (Å²) in [5.41, 5.74) is -0.775. The number of hydrogen-bond acceptors (Lipinski definition) is 12. The third-order valence-corrected chi connectivity index (χ3v) is 19.5. The Morgan fingerprint density at radius 3 is 1.37 bits per heavy atom. The number of rotatable bonds is 1. The second-order valence-corrected chi connectivity index (χ2v) is 19.0. The standard InChI is InChI=1S/C30H28N6O6S4/c1-25-21(39)35-19-27(13-9-5-7-11-15(13)31-19,17(37)29(35,45-43-25)23(41)33(25)3)28-14-10-6-8-12-16(14)32-20(28)36-22(40)26(2)34(4)24(42)30(36,18(28)38)46-44-26/h5-12,17-20,31-32,37-38H,1-4H3/t17-,18-,19+,20+,25-,26+,27?,28+,29-,30-/m0/s1. The van der Waals surface area contributed by atoms with Crippen LogP contribution in [0.4, 0.5) is 11.4 Å². The van der Waals surface area contributed by atoms with Crippen LogP contribution in [0.3, 0.4) is 0 Å². The Labute approximate surface area is 279 Å². The lowest BCUT2D eigenvalue weighted by molar-refractivity contribution is -0.166. The predicted molar refractivity (Wildman–Crippen MR) is 175 cm³/mol. The third kappa shape index (κ3) is 2.30. The van der Waals surface area contributed by atoms with Crippen LogP contribution in [0.15, 0.2) is 48.5 Å². The molecule has 8 fully saturated rings. The van der Waals surface area contributed by atoms with E-state index in [0.29, 0.717) is 22.5 Å². The van der Waals surface area contributed by atoms with Crippen molar-refractivity contribution in [1.82, 2.24) is 19.6 Å². The van der Waals surface area contributed by atoms with E-state index in [9.17, 15) is 29.4 Å². The fourth-order valence-corrected chi connectivity index (χ4v) is 16.9. The van der Waals surface area contributed by atoms with Crippen LogP contribution in [0.25, 0.3) is 0 Å². The van der Waals surface area contributed by atoms with Crippen LogP contribution in [0.5, 0.6) is 0 Å². The van der Waals surface area contributed by atoms with Crippen LogP contribution < -0.4 is 10.6 Å². The minimum absolute atomic E-state index is 0.342. The monoisotopic (exact) mass is 696 g/mol. The predicted octanol–water partition coefficient (Wildman–Crippen LogP) is 1.33. The molecule has 12 nitrogen and oxygen atoms in total. The van der Waals surface area contributed by atoms with Gasteiger partial charge in [-0.1, -0.05) is 58.0 Å². The van der Waals surface area contributed by atoms with E-state index < -0.39 is 66.7 Å². The molecule has 0 aliphatic carbocycles. The number of benzene rings is 2. The van der Waals surface area contributed by atoms with Gasteiger partial charge in [-0.15, -0.1) is 0 Å². The van der Waals surface area contributed by atoms with E-state index in [0.717, 1.165) is 0 Å². The molecule has 4 N–H and O–H groups in total. The normalized spacial score (nSPS) is 47.0. The number of carbonyl (C=O) groups excluding carboxylic acids is 4. The van der Waals surface area contributed by atoms with E-state index in [2.05, 4.69) is 10.6 Å². The second-order valence-electron chi connectivity index (χ2n) is 13.5. The van der Waals surface area contributed by atoms with Gasteiger partial charge in [-0.2, -0.15) is 0 Å². The van der Waals surface area contributed by atoms with Gasteiger partial charge in [0, 0.05) is 25.5 Å². The summed E-state index contributed by atoms with van der Waals surface area (Å²) >= 11 is 0. The first-order valence-corrected chi connectivity index (χ1v) is 19.2. The molecule has 2 aromatic rings. The Bertz CT molecular complexity index is 1760. The second kappa shape index (κ2) is 7.92. The van der Waals surface area contributed by atoms with Crippen LogP contribution in [0.1, 0.15) is 25.0 Å². The van der Waals surface area contributed by atoms with E-state index in [1.807, 2.05) is 48.5 Å². The zero-order valence-corrected chi connectivity index (χ0v) is 28.1. The van der Waals surface area contributed by atoms with Gasteiger partial charge in [-0.05, 0) is 58.7 Å². The molecule has 10 aliphatic heterocycles. The number of hydrogen-bond donors (Lipinski definition) is 4. The average molecular weight is 697 g/mol. The first kappa shape index (κ1) is 28.3. The number of nitrogens with zero attached hydrogens (tertiary/aromatic N) is 4. The first-order valence-electron chi connectivity index (χ1n) is 14.9. The molecule has 2 spiro atoms. The van der Waals surface area contributed by atoms with Crippen molar-refractivity contribution in [3.63, 3.8) is 0 Å². The number of aliphatic hydroxyl groups is 2. The Balaban J connectivity index is 1.36. The fraction of sp³-hybridized carbons (Fsp3) is 0.467. The van der Waals surface area contributed by atoms with Gasteiger partial charge >= 0.3 is 0 Å². The van der Waals surface area contributed by atoms with Gasteiger partial charge in [0.2, 0.25) is 9.74 Å². The largest absolute Gasteiger partial charge is 0.388 e. The Morgan fingerprint density at radius 2 is 0.978 bits per heavy atom. The number of carbonyl (C=O) groups is 4. The van der Waals surface area contributed by atoms with E-state index in [1.165, 1.54) is 62.8 Å². The lowest BCUT2D eigenvalue weighted by atomic mass is 9.52. The van der Waals surface area contributed by atoms with E-state index in [1.54, 1.807) is 27.9 Å². The van der Waals surface area contributed by atoms with Crippen molar-refractivity contribution in [3.05, 3.63) is 59.7 Å². The number of fused-ring (bicyclic) bond motifs is 11. The number of amides is 4. The van der Waals surface area contributed by atoms with E-state index in [-0.39, 0.29) is 11.8 Å². The number of anilines is 2. The third-order valence-electron chi connectivity index (χ3n) is 12.1. The Morgan fingerprint density at radius 1 is 0.609 bits per heavy atom. The highest BCUT2D eigenvalue weighted by Crippen LogP contribution is 2.78. The molecule has 0 saturated carbocycles. The molecular formula is C30H28N6O6S4. The van der Waals surface area contributed by atoms with Gasteiger partial charge in [0.05, 0.1) is 10.8 Å². The average Bonchev–Trinajstić information content (AvgIpc) is 3.70. The topological polar surface area (TPSA) is 146 Å². The summed E-state index contributed by atoms with van der Waals surface area (Å²) in [6, 6.07) is 14.8. The van der Waals surface area contributed by atoms with E-state index >= 15 is 0 Å². The molecule has 4 bridgehead atoms. The van der Waals surface area contributed by atoms with Crippen molar-refractivity contribution in [2.45, 2.75) is 68.7 Å². The quantitative estimate of drug-likeness (QED) is 0.320. The summed E-state index contributed by atoms with van der Waals surface area (Å²) in [4.78, 5) is 58.2. The van der Waals surface area contributed by atoms with Crippen molar-refractivity contribution in [2.75, 3.05) is 24.7 Å². The van der Waals surface area contributed by atoms with Crippen molar-refractivity contribution in [3.8, 4) is 0 Å². The van der Waals surface area contributed by atoms with Crippen molar-refractivity contribution < 1.29 is 29.4 Å². The molecule has 0 aromatic heterocycles. The molecule has 4 amide bonds. The van der Waals surface area contributed by atoms with Crippen molar-refractivity contribution in [2.24, 2.45) is 0 Å². The molecule has 8 saturated heterocycles. The zero-order chi connectivity index (χ0) is 32.1. The maximum atomic E-state index is 14.7. The lowest BCUT2D eigenvalue weighted by Gasteiger charge is -2.58. The van der Waals surface area contributed by atoms with Gasteiger partial charge in [-0.25, -0.2) is 0 Å². The van der Waals surface area contributed by atoms with E-state index in [4.69, 9.17) is 0 Å². The summed E-state index contributed by atoms with van der Waals surface area (Å²) < 4.78 is 0. The summed E-state index contributed by atoms with van der Waals surface area (Å²) in [5.74, 6) is -1.52. The number of aliphatic hydroxyl groups excluding tert-OH is 2. The van der Waals surface area contributed by atoms with Gasteiger partial charge < -0.3 is 30.6 Å². The fourth-order valence-electron chi connectivity index (χ4n) is 9.79. The van der Waals surface area contributed by atoms with Crippen molar-refractivity contribution in [1.29, 1.82) is 0 Å². The molecule has 10 atom stereocenters. The maximum absolute atomic E-state index is 14.7. The molecule has 0 radical (unpaired) electrons. The van der Waals surface area contributed by atoms with Gasteiger partial charge in [0.1, 0.15) is 24.5 Å². The van der Waals surface area contributed by atoms with Crippen LogP contribution in [0.2, 0.25) is 0 Å². The zero-order valence-electron chi connectivity index (χ0n) is 24.9. The summed E-state index contributed by atoms with van der Waals surface area (Å²) in [7, 11) is 7.98. The highest BCUT2D eigenvalue weighted by Gasteiger charge is 2.92. The minimum Gasteiger partial charge on any atom is -0.388 e. The van der Waals surface area contributed by atoms with Crippen LogP contribution >= 0.6 is 43.2 Å². The number of para-hydroxylation sites is 2. The molecule has 238 valence electrons. The summed E-state index contributed by atoms with van der Waals surface area (Å²) in [6.45, 7) is 3.42. The van der Waals surface area contributed by atoms with Crippen LogP contribution in [-0.4, -0.2) is 112 Å². The molecule has 10 heterocycles. The first-order chi connectivity index (χ1) is 21.8. The molecule has 1 unspecified atom stereocenters. The smallest absolute Gasteiger partial charge is 0.264 e. The summed E-state index contributed by atoms with van der Waals surface area (Å²) in [6.07, 6.45) is -5.21. The lowest BCUT2D eigenvalue weighted by Crippen LogP contribution is -2.77. The number of nitrogens with one attached hydrogen (secondary N) is 2. The molecule has 12 rings (SSSR count). The van der Waals surface area contributed by atoms with Gasteiger partial charge in [0.25, 0.3) is 23.6 Å². The SMILES string of the molecule is CN1C(=O)[C@]23SS[C@@]1(C)C(=O)N2[C@H]1Nc2ccccc2C1([C@@]12c4ccccc4N[C@@H]1N1C(=O)[C@@]4(C)SS[C@]1(C(=O)N4C)[C@H]2O)[C@@H]3O. The number of piperazine rings is 2. The van der Waals surface area contributed by atoms with Crippen LogP contribution in [-0.2, 0) is 30.0 Å². The molecule has 10 aliphatic rings. The molecular weight excluding hydrogens is 669 g/mol. The van der Waals surface area contributed by atoms with Gasteiger partial charge in [-0.3, -0.25) is 29.0 Å². The van der Waals surface area contributed by atoms with Gasteiger partial charge in [0.15, 0.2) is 9.74 Å². The highest BCUT2D eigenvalue weighted by molar-refractivity contribution is 8.78. The Kier molecular flexibility index (Phi) is 4.87. The van der Waals surface area contributed by atoms with Crippen LogP contribution in [0, 0.1) is 0 Å².